The molecule has 0 atom stereocenters. The lowest BCUT2D eigenvalue weighted by molar-refractivity contribution is -0.150. The minimum absolute atomic E-state index is 0.0464. The molecular weight excluding hydrogens is 132 g/mol. The van der Waals surface area contributed by atoms with Gasteiger partial charge in [-0.1, -0.05) is 6.58 Å². The summed E-state index contributed by atoms with van der Waals surface area (Å²) in [7, 11) is 0. The van der Waals surface area contributed by atoms with Crippen LogP contribution in [0.1, 0.15) is 6.92 Å². The molecular formula is C7H11O3. The van der Waals surface area contributed by atoms with Crippen LogP contribution in [0.4, 0.5) is 0 Å². The summed E-state index contributed by atoms with van der Waals surface area (Å²) < 4.78 is 9.20. The molecule has 3 nitrogen and oxygen atoms in total. The van der Waals surface area contributed by atoms with Crippen molar-refractivity contribution in [3.05, 3.63) is 19.1 Å². The van der Waals surface area contributed by atoms with E-state index in [1.807, 2.05) is 0 Å². The van der Waals surface area contributed by atoms with Gasteiger partial charge in [0.05, 0.1) is 6.61 Å². The van der Waals surface area contributed by atoms with Crippen LogP contribution in [-0.4, -0.2) is 19.4 Å². The number of rotatable bonds is 4. The van der Waals surface area contributed by atoms with Gasteiger partial charge in [0.25, 0.3) is 0 Å². The van der Waals surface area contributed by atoms with Crippen LogP contribution in [0.25, 0.3) is 0 Å². The van der Waals surface area contributed by atoms with E-state index in [9.17, 15) is 4.79 Å². The predicted octanol–water partition coefficient (Wildman–Crippen LogP) is 0.914. The average molecular weight is 143 g/mol. The summed E-state index contributed by atoms with van der Waals surface area (Å²) in [6.07, 6.45) is 0. The van der Waals surface area contributed by atoms with Gasteiger partial charge >= 0.3 is 5.97 Å². The molecule has 0 heterocycles. The summed E-state index contributed by atoms with van der Waals surface area (Å²) in [5.41, 5.74) is 0.368. The van der Waals surface area contributed by atoms with Crippen LogP contribution in [0.2, 0.25) is 0 Å². The first-order chi connectivity index (χ1) is 4.68. The molecule has 1 radical (unpaired) electrons. The topological polar surface area (TPSA) is 35.5 Å². The smallest absolute Gasteiger partial charge is 0.335 e. The fraction of sp³-hybridized carbons (Fsp3) is 0.429. The molecule has 10 heavy (non-hydrogen) atoms. The minimum Gasteiger partial charge on any atom is -0.435 e. The Morgan fingerprint density at radius 3 is 2.60 bits per heavy atom. The molecule has 0 bridgehead atoms. The standard InChI is InChI=1S/C7H11O3/c1-4-9-5-10-7(8)6(2)3/h1-2,4-5H2,3H3. The molecule has 0 fully saturated rings. The van der Waals surface area contributed by atoms with Gasteiger partial charge in [-0.05, 0) is 13.8 Å². The van der Waals surface area contributed by atoms with Gasteiger partial charge in [0.1, 0.15) is 0 Å². The summed E-state index contributed by atoms with van der Waals surface area (Å²) in [6.45, 7) is 8.60. The summed E-state index contributed by atoms with van der Waals surface area (Å²) in [4.78, 5) is 10.6. The third kappa shape index (κ3) is 4.09. The highest BCUT2D eigenvalue weighted by Crippen LogP contribution is 1.91. The maximum atomic E-state index is 10.6. The van der Waals surface area contributed by atoms with Gasteiger partial charge in [-0.3, -0.25) is 0 Å². The SMILES string of the molecule is [CH2]COCOC(=O)C(=C)C. The van der Waals surface area contributed by atoms with Gasteiger partial charge in [0.2, 0.25) is 0 Å². The molecule has 0 aliphatic rings. The zero-order valence-corrected chi connectivity index (χ0v) is 6.05. The molecule has 0 aromatic rings. The molecule has 3 heteroatoms. The quantitative estimate of drug-likeness (QED) is 0.254. The van der Waals surface area contributed by atoms with E-state index in [0.29, 0.717) is 12.2 Å². The maximum absolute atomic E-state index is 10.6. The number of hydrogen-bond donors (Lipinski definition) is 0. The highest BCUT2D eigenvalue weighted by molar-refractivity contribution is 5.86. The third-order valence-electron chi connectivity index (χ3n) is 0.766. The van der Waals surface area contributed by atoms with E-state index in [1.165, 1.54) is 0 Å². The first kappa shape index (κ1) is 9.17. The van der Waals surface area contributed by atoms with Gasteiger partial charge in [-0.25, -0.2) is 4.79 Å². The highest BCUT2D eigenvalue weighted by Gasteiger charge is 2.00. The highest BCUT2D eigenvalue weighted by atomic mass is 16.7. The third-order valence-corrected chi connectivity index (χ3v) is 0.766. The number of esters is 1. The average Bonchev–Trinajstić information content (AvgIpc) is 1.88. The van der Waals surface area contributed by atoms with Crippen molar-refractivity contribution >= 4 is 5.97 Å². The van der Waals surface area contributed by atoms with Crippen LogP contribution in [0.3, 0.4) is 0 Å². The zero-order valence-electron chi connectivity index (χ0n) is 6.05. The molecule has 0 spiro atoms. The van der Waals surface area contributed by atoms with Crippen molar-refractivity contribution in [2.24, 2.45) is 0 Å². The predicted molar refractivity (Wildman–Crippen MR) is 37.1 cm³/mol. The molecule has 0 amide bonds. The van der Waals surface area contributed by atoms with E-state index in [0.717, 1.165) is 0 Å². The Morgan fingerprint density at radius 1 is 1.60 bits per heavy atom. The fourth-order valence-corrected chi connectivity index (χ4v) is 0.277. The Kier molecular flexibility index (Phi) is 4.58. The lowest BCUT2D eigenvalue weighted by Gasteiger charge is -2.02. The largest absolute Gasteiger partial charge is 0.435 e. The van der Waals surface area contributed by atoms with Gasteiger partial charge in [-0.2, -0.15) is 0 Å². The molecule has 0 aromatic heterocycles. The molecule has 57 valence electrons. The molecule has 0 N–H and O–H groups in total. The summed E-state index contributed by atoms with van der Waals surface area (Å²) >= 11 is 0. The Hall–Kier alpha value is -0.830. The van der Waals surface area contributed by atoms with Crippen LogP contribution in [0.15, 0.2) is 12.2 Å². The Morgan fingerprint density at radius 2 is 2.20 bits per heavy atom. The van der Waals surface area contributed by atoms with Crippen molar-refractivity contribution in [3.63, 3.8) is 0 Å². The number of ether oxygens (including phenoxy) is 2. The van der Waals surface area contributed by atoms with Crippen LogP contribution in [-0.2, 0) is 14.3 Å². The normalized spacial score (nSPS) is 9.00. The molecule has 0 rings (SSSR count). The van der Waals surface area contributed by atoms with Crippen molar-refractivity contribution < 1.29 is 14.3 Å². The molecule has 0 saturated carbocycles. The van der Waals surface area contributed by atoms with Crippen LogP contribution < -0.4 is 0 Å². The zero-order chi connectivity index (χ0) is 7.98. The van der Waals surface area contributed by atoms with Gasteiger partial charge < -0.3 is 9.47 Å². The number of carbonyl (C=O) groups is 1. The Balaban J connectivity index is 3.31. The summed E-state index contributed by atoms with van der Waals surface area (Å²) in [6, 6.07) is 0. The Bertz CT molecular complexity index is 129. The first-order valence-electron chi connectivity index (χ1n) is 2.88. The van der Waals surface area contributed by atoms with Crippen molar-refractivity contribution in [2.75, 3.05) is 13.4 Å². The lowest BCUT2D eigenvalue weighted by atomic mass is 10.4. The summed E-state index contributed by atoms with van der Waals surface area (Å²) in [5.74, 6) is -0.437. The molecule has 0 unspecified atom stereocenters. The number of hydrogen-bond acceptors (Lipinski definition) is 3. The maximum Gasteiger partial charge on any atom is 0.335 e. The van der Waals surface area contributed by atoms with Crippen LogP contribution in [0, 0.1) is 6.92 Å². The van der Waals surface area contributed by atoms with E-state index in [4.69, 9.17) is 0 Å². The van der Waals surface area contributed by atoms with Crippen LogP contribution in [0.5, 0.6) is 0 Å². The molecule has 0 aromatic carbocycles. The molecule has 0 saturated heterocycles. The van der Waals surface area contributed by atoms with E-state index in [-0.39, 0.29) is 6.79 Å². The van der Waals surface area contributed by atoms with E-state index in [1.54, 1.807) is 6.92 Å². The monoisotopic (exact) mass is 143 g/mol. The van der Waals surface area contributed by atoms with Gasteiger partial charge in [-0.15, -0.1) is 0 Å². The van der Waals surface area contributed by atoms with E-state index in [2.05, 4.69) is 23.0 Å². The molecule has 0 aliphatic heterocycles. The van der Waals surface area contributed by atoms with Crippen molar-refractivity contribution in [2.45, 2.75) is 6.92 Å². The second-order valence-electron chi connectivity index (χ2n) is 1.74. The second kappa shape index (κ2) is 4.99. The van der Waals surface area contributed by atoms with E-state index >= 15 is 0 Å². The van der Waals surface area contributed by atoms with Crippen LogP contribution >= 0.6 is 0 Å². The van der Waals surface area contributed by atoms with Gasteiger partial charge in [0, 0.05) is 5.57 Å². The van der Waals surface area contributed by atoms with Gasteiger partial charge in [0.15, 0.2) is 6.79 Å². The lowest BCUT2D eigenvalue weighted by Crippen LogP contribution is -2.08. The first-order valence-corrected chi connectivity index (χ1v) is 2.88. The van der Waals surface area contributed by atoms with Crippen molar-refractivity contribution in [1.82, 2.24) is 0 Å². The minimum atomic E-state index is -0.437. The summed E-state index contributed by atoms with van der Waals surface area (Å²) in [5, 5.41) is 0. The van der Waals surface area contributed by atoms with Crippen molar-refractivity contribution in [1.29, 1.82) is 0 Å². The second-order valence-corrected chi connectivity index (χ2v) is 1.74. The van der Waals surface area contributed by atoms with Crippen molar-refractivity contribution in [3.8, 4) is 0 Å². The number of carbonyl (C=O) groups excluding carboxylic acids is 1. The molecule has 0 aliphatic carbocycles. The Labute approximate surface area is 60.6 Å². The van der Waals surface area contributed by atoms with E-state index < -0.39 is 5.97 Å². The fourth-order valence-electron chi connectivity index (χ4n) is 0.277.